The second-order valence-electron chi connectivity index (χ2n) is 7.42. The minimum Gasteiger partial charge on any atom is -0.383 e. The standard InChI is InChI=1S/C21H28N4O4S/c1-29-12-11-22-17-8-7-16(13-19(17)25(27)28)21(26)23-10-9-20-24-18(14-30-20)15-5-3-2-4-6-15/h7-8,13-15,22H,2-6,9-12H2,1H3,(H,23,26). The van der Waals surface area contributed by atoms with Crippen LogP contribution >= 0.6 is 11.3 Å². The molecule has 1 fully saturated rings. The third-order valence-corrected chi connectivity index (χ3v) is 6.22. The van der Waals surface area contributed by atoms with Crippen molar-refractivity contribution in [1.29, 1.82) is 0 Å². The van der Waals surface area contributed by atoms with Crippen molar-refractivity contribution in [3.05, 3.63) is 50.0 Å². The van der Waals surface area contributed by atoms with Gasteiger partial charge in [-0.2, -0.15) is 0 Å². The number of ether oxygens (including phenoxy) is 1. The second-order valence-corrected chi connectivity index (χ2v) is 8.36. The number of benzene rings is 1. The molecule has 0 unspecified atom stereocenters. The number of amides is 1. The summed E-state index contributed by atoms with van der Waals surface area (Å²) in [6.07, 6.45) is 6.97. The lowest BCUT2D eigenvalue weighted by molar-refractivity contribution is -0.384. The Kier molecular flexibility index (Phi) is 8.15. The predicted molar refractivity (Wildman–Crippen MR) is 117 cm³/mol. The SMILES string of the molecule is COCCNc1ccc(C(=O)NCCc2nc(C3CCCCC3)cs2)cc1[N+](=O)[O-]. The molecule has 1 aromatic carbocycles. The van der Waals surface area contributed by atoms with E-state index in [1.165, 1.54) is 43.9 Å². The number of nitro benzene ring substituents is 1. The number of nitro groups is 1. The van der Waals surface area contributed by atoms with E-state index in [1.807, 2.05) is 0 Å². The van der Waals surface area contributed by atoms with Crippen molar-refractivity contribution in [2.24, 2.45) is 0 Å². The summed E-state index contributed by atoms with van der Waals surface area (Å²) in [7, 11) is 1.56. The summed E-state index contributed by atoms with van der Waals surface area (Å²) in [6.45, 7) is 1.32. The van der Waals surface area contributed by atoms with E-state index in [0.29, 0.717) is 37.7 Å². The number of nitrogens with zero attached hydrogens (tertiary/aromatic N) is 2. The van der Waals surface area contributed by atoms with Crippen LogP contribution in [0.25, 0.3) is 0 Å². The van der Waals surface area contributed by atoms with Gasteiger partial charge in [-0.25, -0.2) is 4.98 Å². The van der Waals surface area contributed by atoms with Gasteiger partial charge >= 0.3 is 0 Å². The van der Waals surface area contributed by atoms with E-state index in [4.69, 9.17) is 9.72 Å². The maximum Gasteiger partial charge on any atom is 0.293 e. The summed E-state index contributed by atoms with van der Waals surface area (Å²) in [6, 6.07) is 4.44. The molecule has 0 radical (unpaired) electrons. The minimum absolute atomic E-state index is 0.129. The largest absolute Gasteiger partial charge is 0.383 e. The van der Waals surface area contributed by atoms with Crippen molar-refractivity contribution in [1.82, 2.24) is 10.3 Å². The number of hydrogen-bond acceptors (Lipinski definition) is 7. The van der Waals surface area contributed by atoms with Gasteiger partial charge in [-0.05, 0) is 25.0 Å². The normalized spacial score (nSPS) is 14.4. The molecule has 8 nitrogen and oxygen atoms in total. The number of carbonyl (C=O) groups excluding carboxylic acids is 1. The van der Waals surface area contributed by atoms with Crippen LogP contribution in [-0.2, 0) is 11.2 Å². The highest BCUT2D eigenvalue weighted by Gasteiger charge is 2.19. The highest BCUT2D eigenvalue weighted by molar-refractivity contribution is 7.09. The monoisotopic (exact) mass is 432 g/mol. The maximum absolute atomic E-state index is 12.4. The van der Waals surface area contributed by atoms with Gasteiger partial charge in [0.25, 0.3) is 11.6 Å². The number of rotatable bonds is 10. The number of thiazole rings is 1. The Bertz CT molecular complexity index is 864. The van der Waals surface area contributed by atoms with Crippen LogP contribution in [0.3, 0.4) is 0 Å². The fraction of sp³-hybridized carbons (Fsp3) is 0.524. The van der Waals surface area contributed by atoms with Gasteiger partial charge in [0.1, 0.15) is 5.69 Å². The summed E-state index contributed by atoms with van der Waals surface area (Å²) in [5, 5.41) is 20.3. The summed E-state index contributed by atoms with van der Waals surface area (Å²) in [5.41, 5.74) is 1.69. The summed E-state index contributed by atoms with van der Waals surface area (Å²) < 4.78 is 4.94. The molecule has 3 rings (SSSR count). The fourth-order valence-corrected chi connectivity index (χ4v) is 4.55. The molecule has 162 valence electrons. The predicted octanol–water partition coefficient (Wildman–Crippen LogP) is 4.13. The molecular formula is C21H28N4O4S. The molecule has 1 saturated carbocycles. The smallest absolute Gasteiger partial charge is 0.293 e. The van der Waals surface area contributed by atoms with Gasteiger partial charge in [-0.15, -0.1) is 11.3 Å². The van der Waals surface area contributed by atoms with Crippen molar-refractivity contribution in [3.63, 3.8) is 0 Å². The van der Waals surface area contributed by atoms with E-state index in [9.17, 15) is 14.9 Å². The average Bonchev–Trinajstić information content (AvgIpc) is 3.23. The van der Waals surface area contributed by atoms with E-state index >= 15 is 0 Å². The third kappa shape index (κ3) is 5.99. The van der Waals surface area contributed by atoms with Crippen molar-refractivity contribution >= 4 is 28.6 Å². The van der Waals surface area contributed by atoms with E-state index in [-0.39, 0.29) is 17.2 Å². The van der Waals surface area contributed by atoms with E-state index in [2.05, 4.69) is 16.0 Å². The van der Waals surface area contributed by atoms with Crippen molar-refractivity contribution in [2.45, 2.75) is 44.4 Å². The molecule has 30 heavy (non-hydrogen) atoms. The Balaban J connectivity index is 1.53. The Hall–Kier alpha value is -2.52. The van der Waals surface area contributed by atoms with Crippen LogP contribution in [0.2, 0.25) is 0 Å². The van der Waals surface area contributed by atoms with Gasteiger partial charge in [0.2, 0.25) is 0 Å². The molecule has 9 heteroatoms. The maximum atomic E-state index is 12.4. The van der Waals surface area contributed by atoms with Crippen LogP contribution in [0, 0.1) is 10.1 Å². The number of anilines is 1. The first-order chi connectivity index (χ1) is 14.6. The highest BCUT2D eigenvalue weighted by atomic mass is 32.1. The second kappa shape index (κ2) is 11.0. The van der Waals surface area contributed by atoms with Crippen LogP contribution in [0.4, 0.5) is 11.4 Å². The first kappa shape index (κ1) is 22.2. The number of nitrogens with one attached hydrogen (secondary N) is 2. The lowest BCUT2D eigenvalue weighted by Gasteiger charge is -2.19. The zero-order valence-electron chi connectivity index (χ0n) is 17.2. The molecule has 1 heterocycles. The Morgan fingerprint density at radius 1 is 1.30 bits per heavy atom. The molecule has 1 aromatic heterocycles. The van der Waals surface area contributed by atoms with Crippen LogP contribution in [0.5, 0.6) is 0 Å². The van der Waals surface area contributed by atoms with Crippen molar-refractivity contribution in [3.8, 4) is 0 Å². The molecule has 1 amide bonds. The average molecular weight is 433 g/mol. The molecule has 0 bridgehead atoms. The minimum atomic E-state index is -0.492. The molecule has 0 atom stereocenters. The van der Waals surface area contributed by atoms with Gasteiger partial charge in [-0.3, -0.25) is 14.9 Å². The molecule has 0 spiro atoms. The van der Waals surface area contributed by atoms with Crippen LogP contribution < -0.4 is 10.6 Å². The van der Waals surface area contributed by atoms with Crippen LogP contribution in [0.15, 0.2) is 23.6 Å². The molecule has 0 saturated heterocycles. The number of aromatic nitrogens is 1. The first-order valence-electron chi connectivity index (χ1n) is 10.3. The Morgan fingerprint density at radius 3 is 2.83 bits per heavy atom. The fourth-order valence-electron chi connectivity index (χ4n) is 3.67. The summed E-state index contributed by atoms with van der Waals surface area (Å²) in [4.78, 5) is 28.1. The molecule has 2 aromatic rings. The lowest BCUT2D eigenvalue weighted by Crippen LogP contribution is -2.25. The molecule has 1 aliphatic carbocycles. The van der Waals surface area contributed by atoms with Crippen LogP contribution in [-0.4, -0.2) is 42.6 Å². The van der Waals surface area contributed by atoms with Crippen molar-refractivity contribution < 1.29 is 14.5 Å². The van der Waals surface area contributed by atoms with Gasteiger partial charge < -0.3 is 15.4 Å². The summed E-state index contributed by atoms with van der Waals surface area (Å²) in [5.74, 6) is 0.250. The van der Waals surface area contributed by atoms with E-state index in [0.717, 1.165) is 5.01 Å². The topological polar surface area (TPSA) is 106 Å². The number of carbonyl (C=O) groups is 1. The molecule has 1 aliphatic rings. The van der Waals surface area contributed by atoms with Gasteiger partial charge in [0.05, 0.1) is 22.2 Å². The Labute approximate surface area is 180 Å². The first-order valence-corrected chi connectivity index (χ1v) is 11.2. The third-order valence-electron chi connectivity index (χ3n) is 5.30. The van der Waals surface area contributed by atoms with Gasteiger partial charge in [0, 0.05) is 49.5 Å². The van der Waals surface area contributed by atoms with E-state index < -0.39 is 4.92 Å². The zero-order chi connectivity index (χ0) is 21.3. The highest BCUT2D eigenvalue weighted by Crippen LogP contribution is 2.33. The molecule has 2 N–H and O–H groups in total. The molecular weight excluding hydrogens is 404 g/mol. The van der Waals surface area contributed by atoms with Gasteiger partial charge in [0.15, 0.2) is 0 Å². The lowest BCUT2D eigenvalue weighted by atomic mass is 9.87. The van der Waals surface area contributed by atoms with E-state index in [1.54, 1.807) is 30.6 Å². The zero-order valence-corrected chi connectivity index (χ0v) is 18.0. The van der Waals surface area contributed by atoms with Crippen LogP contribution in [0.1, 0.15) is 59.1 Å². The number of methoxy groups -OCH3 is 1. The quantitative estimate of drug-likeness (QED) is 0.332. The van der Waals surface area contributed by atoms with Gasteiger partial charge in [-0.1, -0.05) is 19.3 Å². The number of hydrogen-bond donors (Lipinski definition) is 2. The Morgan fingerprint density at radius 2 is 2.10 bits per heavy atom. The summed E-state index contributed by atoms with van der Waals surface area (Å²) >= 11 is 1.64. The molecule has 0 aliphatic heterocycles. The van der Waals surface area contributed by atoms with Crippen molar-refractivity contribution in [2.75, 3.05) is 32.1 Å².